The molecule has 0 saturated carbocycles. The maximum Gasteiger partial charge on any atom is 0.263 e. The predicted molar refractivity (Wildman–Crippen MR) is 77.1 cm³/mol. The number of aromatic nitrogens is 1. The van der Waals surface area contributed by atoms with Gasteiger partial charge < -0.3 is 5.32 Å². The molecule has 0 fully saturated rings. The molecule has 1 N–H and O–H groups in total. The molecule has 0 saturated heterocycles. The third-order valence-electron chi connectivity index (χ3n) is 2.55. The predicted octanol–water partition coefficient (Wildman–Crippen LogP) is 3.28. The molecule has 0 aliphatic carbocycles. The van der Waals surface area contributed by atoms with E-state index in [2.05, 4.69) is 32.3 Å². The summed E-state index contributed by atoms with van der Waals surface area (Å²) < 4.78 is 0. The molecule has 18 heavy (non-hydrogen) atoms. The van der Waals surface area contributed by atoms with Crippen LogP contribution < -0.4 is 5.32 Å². The summed E-state index contributed by atoms with van der Waals surface area (Å²) in [5, 5.41) is 3.73. The van der Waals surface area contributed by atoms with Crippen molar-refractivity contribution in [2.45, 2.75) is 18.8 Å². The number of aryl methyl sites for hydroxylation is 1. The zero-order valence-electron chi connectivity index (χ0n) is 9.94. The quantitative estimate of drug-likeness (QED) is 0.877. The fourth-order valence-corrected chi connectivity index (χ4v) is 2.67. The second-order valence-electron chi connectivity index (χ2n) is 3.90. The van der Waals surface area contributed by atoms with E-state index in [1.807, 2.05) is 25.1 Å². The number of hydrogen-bond acceptors (Lipinski definition) is 3. The molecule has 1 aromatic carbocycles. The van der Waals surface area contributed by atoms with Crippen molar-refractivity contribution in [1.29, 1.82) is 0 Å². The van der Waals surface area contributed by atoms with E-state index in [4.69, 9.17) is 0 Å². The number of hydrogen-bond donors (Lipinski definition) is 1. The van der Waals surface area contributed by atoms with Crippen molar-refractivity contribution >= 4 is 33.2 Å². The first-order valence-electron chi connectivity index (χ1n) is 5.53. The second-order valence-corrected chi connectivity index (χ2v) is 5.32. The molecule has 0 atom stereocenters. The van der Waals surface area contributed by atoms with Gasteiger partial charge in [-0.05, 0) is 18.1 Å². The van der Waals surface area contributed by atoms with E-state index in [9.17, 15) is 4.79 Å². The van der Waals surface area contributed by atoms with Crippen LogP contribution in [0.3, 0.4) is 0 Å². The summed E-state index contributed by atoms with van der Waals surface area (Å²) in [6.45, 7) is 2.38. The van der Waals surface area contributed by atoms with Crippen molar-refractivity contribution in [3.05, 3.63) is 51.5 Å². The van der Waals surface area contributed by atoms with Gasteiger partial charge in [0.1, 0.15) is 4.88 Å². The minimum atomic E-state index is -0.0563. The lowest BCUT2D eigenvalue weighted by atomic mass is 10.1. The summed E-state index contributed by atoms with van der Waals surface area (Å²) in [5.74, 6) is -0.0563. The number of nitrogens with zero attached hydrogens (tertiary/aromatic N) is 1. The number of carbonyl (C=O) groups is 1. The molecule has 1 heterocycles. The van der Waals surface area contributed by atoms with Gasteiger partial charge in [0.25, 0.3) is 5.91 Å². The average Bonchev–Trinajstić information content (AvgIpc) is 2.82. The maximum absolute atomic E-state index is 11.9. The molecular weight excluding hydrogens is 312 g/mol. The van der Waals surface area contributed by atoms with Gasteiger partial charge in [0.2, 0.25) is 0 Å². The van der Waals surface area contributed by atoms with Gasteiger partial charge in [-0.3, -0.25) is 4.79 Å². The normalized spacial score (nSPS) is 10.3. The standard InChI is InChI=1S/C13H13BrN2OS/c1-9-12(18-8-16-9)13(17)15-7-11-4-2-3-10(5-11)6-14/h2-5,8H,6-7H2,1H3,(H,15,17). The Morgan fingerprint density at radius 3 is 2.89 bits per heavy atom. The Hall–Kier alpha value is -1.20. The highest BCUT2D eigenvalue weighted by Crippen LogP contribution is 2.12. The van der Waals surface area contributed by atoms with Gasteiger partial charge in [0.15, 0.2) is 0 Å². The topological polar surface area (TPSA) is 42.0 Å². The van der Waals surface area contributed by atoms with Crippen LogP contribution in [-0.2, 0) is 11.9 Å². The number of amides is 1. The minimum Gasteiger partial charge on any atom is -0.347 e. The van der Waals surface area contributed by atoms with Crippen LogP contribution in [0.5, 0.6) is 0 Å². The third kappa shape index (κ3) is 3.17. The summed E-state index contributed by atoms with van der Waals surface area (Å²) in [4.78, 5) is 16.7. The number of nitrogens with one attached hydrogen (secondary N) is 1. The van der Waals surface area contributed by atoms with E-state index < -0.39 is 0 Å². The molecule has 1 aromatic heterocycles. The van der Waals surface area contributed by atoms with Crippen molar-refractivity contribution in [3.63, 3.8) is 0 Å². The lowest BCUT2D eigenvalue weighted by Gasteiger charge is -2.05. The Labute approximate surface area is 118 Å². The fourth-order valence-electron chi connectivity index (χ4n) is 1.61. The van der Waals surface area contributed by atoms with Crippen molar-refractivity contribution < 1.29 is 4.79 Å². The summed E-state index contributed by atoms with van der Waals surface area (Å²) in [7, 11) is 0. The van der Waals surface area contributed by atoms with Gasteiger partial charge in [-0.15, -0.1) is 11.3 Å². The SMILES string of the molecule is Cc1ncsc1C(=O)NCc1cccc(CBr)c1. The van der Waals surface area contributed by atoms with E-state index in [1.165, 1.54) is 16.9 Å². The Morgan fingerprint density at radius 1 is 1.44 bits per heavy atom. The van der Waals surface area contributed by atoms with Crippen LogP contribution in [0.4, 0.5) is 0 Å². The van der Waals surface area contributed by atoms with Crippen LogP contribution in [0.25, 0.3) is 0 Å². The highest BCUT2D eigenvalue weighted by molar-refractivity contribution is 9.08. The molecule has 0 bridgehead atoms. The Bertz CT molecular complexity index is 553. The van der Waals surface area contributed by atoms with Gasteiger partial charge in [0.05, 0.1) is 11.2 Å². The first kappa shape index (κ1) is 13.2. The lowest BCUT2D eigenvalue weighted by molar-refractivity contribution is 0.0954. The average molecular weight is 325 g/mol. The Kier molecular flexibility index (Phi) is 4.49. The van der Waals surface area contributed by atoms with E-state index in [0.29, 0.717) is 11.4 Å². The summed E-state index contributed by atoms with van der Waals surface area (Å²) in [5.41, 5.74) is 4.78. The number of benzene rings is 1. The monoisotopic (exact) mass is 324 g/mol. The van der Waals surface area contributed by atoms with Crippen LogP contribution in [0.2, 0.25) is 0 Å². The van der Waals surface area contributed by atoms with Crippen molar-refractivity contribution in [3.8, 4) is 0 Å². The van der Waals surface area contributed by atoms with E-state index >= 15 is 0 Å². The van der Waals surface area contributed by atoms with Crippen LogP contribution >= 0.6 is 27.3 Å². The third-order valence-corrected chi connectivity index (χ3v) is 4.13. The van der Waals surface area contributed by atoms with E-state index in [-0.39, 0.29) is 5.91 Å². The molecule has 0 spiro atoms. The summed E-state index contributed by atoms with van der Waals surface area (Å²) in [6, 6.07) is 8.13. The molecule has 94 valence electrons. The first-order valence-corrected chi connectivity index (χ1v) is 7.53. The van der Waals surface area contributed by atoms with Crippen molar-refractivity contribution in [1.82, 2.24) is 10.3 Å². The molecule has 0 aliphatic rings. The Morgan fingerprint density at radius 2 is 2.22 bits per heavy atom. The molecule has 0 unspecified atom stereocenters. The molecule has 2 aromatic rings. The highest BCUT2D eigenvalue weighted by atomic mass is 79.9. The second kappa shape index (κ2) is 6.11. The number of alkyl halides is 1. The summed E-state index contributed by atoms with van der Waals surface area (Å²) in [6.07, 6.45) is 0. The lowest BCUT2D eigenvalue weighted by Crippen LogP contribution is -2.22. The van der Waals surface area contributed by atoms with E-state index in [0.717, 1.165) is 16.6 Å². The highest BCUT2D eigenvalue weighted by Gasteiger charge is 2.10. The summed E-state index contributed by atoms with van der Waals surface area (Å²) >= 11 is 4.79. The number of halogens is 1. The smallest absolute Gasteiger partial charge is 0.263 e. The van der Waals surface area contributed by atoms with Gasteiger partial charge in [0, 0.05) is 11.9 Å². The number of carbonyl (C=O) groups excluding carboxylic acids is 1. The molecule has 1 amide bonds. The van der Waals surface area contributed by atoms with Gasteiger partial charge in [-0.1, -0.05) is 40.2 Å². The molecule has 0 aliphatic heterocycles. The maximum atomic E-state index is 11.9. The molecule has 0 radical (unpaired) electrons. The first-order chi connectivity index (χ1) is 8.70. The molecule has 3 nitrogen and oxygen atoms in total. The molecular formula is C13H13BrN2OS. The zero-order chi connectivity index (χ0) is 13.0. The van der Waals surface area contributed by atoms with Crippen molar-refractivity contribution in [2.75, 3.05) is 0 Å². The van der Waals surface area contributed by atoms with Crippen LogP contribution in [-0.4, -0.2) is 10.9 Å². The van der Waals surface area contributed by atoms with Crippen LogP contribution in [0, 0.1) is 6.92 Å². The molecule has 2 rings (SSSR count). The fraction of sp³-hybridized carbons (Fsp3) is 0.231. The Balaban J connectivity index is 1.99. The van der Waals surface area contributed by atoms with Gasteiger partial charge in [-0.2, -0.15) is 0 Å². The van der Waals surface area contributed by atoms with Crippen LogP contribution in [0.15, 0.2) is 29.8 Å². The van der Waals surface area contributed by atoms with Crippen LogP contribution in [0.1, 0.15) is 26.5 Å². The minimum absolute atomic E-state index is 0.0563. The molecule has 5 heteroatoms. The van der Waals surface area contributed by atoms with Gasteiger partial charge >= 0.3 is 0 Å². The number of thiazole rings is 1. The van der Waals surface area contributed by atoms with Gasteiger partial charge in [-0.25, -0.2) is 4.98 Å². The largest absolute Gasteiger partial charge is 0.347 e. The number of rotatable bonds is 4. The van der Waals surface area contributed by atoms with E-state index in [1.54, 1.807) is 5.51 Å². The van der Waals surface area contributed by atoms with Crippen molar-refractivity contribution in [2.24, 2.45) is 0 Å². The zero-order valence-corrected chi connectivity index (χ0v) is 12.3.